The number of hydrogen-bond donors (Lipinski definition) is 1. The van der Waals surface area contributed by atoms with Gasteiger partial charge in [-0.05, 0) is 26.7 Å². The molecular formula is C12H17F3N2O. The van der Waals surface area contributed by atoms with E-state index in [1.807, 2.05) is 6.07 Å². The first-order chi connectivity index (χ1) is 8.17. The number of amides is 1. The molecule has 0 heterocycles. The second kappa shape index (κ2) is 5.17. The van der Waals surface area contributed by atoms with Gasteiger partial charge >= 0.3 is 6.18 Å². The van der Waals surface area contributed by atoms with Gasteiger partial charge in [0.15, 0.2) is 0 Å². The van der Waals surface area contributed by atoms with Crippen LogP contribution in [0.2, 0.25) is 0 Å². The number of alkyl halides is 3. The molecule has 1 aliphatic rings. The van der Waals surface area contributed by atoms with E-state index in [9.17, 15) is 18.0 Å². The van der Waals surface area contributed by atoms with Crippen molar-refractivity contribution in [1.82, 2.24) is 5.32 Å². The van der Waals surface area contributed by atoms with E-state index < -0.39 is 29.5 Å². The Morgan fingerprint density at radius 2 is 1.83 bits per heavy atom. The summed E-state index contributed by atoms with van der Waals surface area (Å²) < 4.78 is 38.5. The van der Waals surface area contributed by atoms with Gasteiger partial charge in [-0.3, -0.25) is 4.79 Å². The highest BCUT2D eigenvalue weighted by atomic mass is 19.4. The highest BCUT2D eigenvalue weighted by Crippen LogP contribution is 2.41. The molecule has 102 valence electrons. The Morgan fingerprint density at radius 3 is 2.33 bits per heavy atom. The first-order valence-electron chi connectivity index (χ1n) is 5.97. The lowest BCUT2D eigenvalue weighted by molar-refractivity contribution is -0.198. The molecule has 1 saturated carbocycles. The number of nitrogens with one attached hydrogen (secondary N) is 1. The van der Waals surface area contributed by atoms with E-state index in [-0.39, 0.29) is 12.8 Å². The first-order valence-corrected chi connectivity index (χ1v) is 5.97. The molecule has 1 fully saturated rings. The van der Waals surface area contributed by atoms with Crippen LogP contribution >= 0.6 is 0 Å². The fraction of sp³-hybridized carbons (Fsp3) is 0.833. The summed E-state index contributed by atoms with van der Waals surface area (Å²) in [4.78, 5) is 11.9. The predicted molar refractivity (Wildman–Crippen MR) is 59.3 cm³/mol. The number of hydrogen-bond acceptors (Lipinski definition) is 2. The summed E-state index contributed by atoms with van der Waals surface area (Å²) in [5.74, 6) is -3.31. The van der Waals surface area contributed by atoms with E-state index in [1.54, 1.807) is 0 Å². The van der Waals surface area contributed by atoms with E-state index >= 15 is 0 Å². The van der Waals surface area contributed by atoms with Crippen molar-refractivity contribution in [2.24, 2.45) is 11.8 Å². The molecule has 0 radical (unpaired) electrons. The van der Waals surface area contributed by atoms with Crippen molar-refractivity contribution >= 4 is 5.91 Å². The monoisotopic (exact) mass is 262 g/mol. The van der Waals surface area contributed by atoms with Gasteiger partial charge in [-0.25, -0.2) is 0 Å². The molecule has 3 nitrogen and oxygen atoms in total. The molecule has 1 aliphatic carbocycles. The Balaban J connectivity index is 2.79. The molecule has 0 saturated heterocycles. The summed E-state index contributed by atoms with van der Waals surface area (Å²) in [6.07, 6.45) is -3.00. The Bertz CT molecular complexity index is 357. The molecule has 0 aliphatic heterocycles. The van der Waals surface area contributed by atoms with Gasteiger partial charge in [-0.15, -0.1) is 0 Å². The molecule has 18 heavy (non-hydrogen) atoms. The Kier molecular flexibility index (Phi) is 4.25. The van der Waals surface area contributed by atoms with E-state index in [0.29, 0.717) is 12.8 Å². The quantitative estimate of drug-likeness (QED) is 0.832. The number of nitrogens with zero attached hydrogens (tertiary/aromatic N) is 1. The highest BCUT2D eigenvalue weighted by Gasteiger charge is 2.48. The standard InChI is InChI=1S/C12H17F3N2O/c1-11(2,7-16)17-10(18)8-5-3-4-6-9(8)12(13,14)15/h8-9H,3-6H2,1-2H3,(H,17,18). The van der Waals surface area contributed by atoms with Gasteiger partial charge in [0.05, 0.1) is 12.0 Å². The molecular weight excluding hydrogens is 245 g/mol. The van der Waals surface area contributed by atoms with Crippen LogP contribution in [0.3, 0.4) is 0 Å². The minimum atomic E-state index is -4.35. The van der Waals surface area contributed by atoms with Crippen LogP contribution in [0.4, 0.5) is 13.2 Å². The van der Waals surface area contributed by atoms with Crippen LogP contribution in [0.5, 0.6) is 0 Å². The van der Waals surface area contributed by atoms with Gasteiger partial charge < -0.3 is 5.32 Å². The molecule has 0 bridgehead atoms. The largest absolute Gasteiger partial charge is 0.392 e. The molecule has 0 spiro atoms. The Morgan fingerprint density at radius 1 is 1.28 bits per heavy atom. The number of carbonyl (C=O) groups excluding carboxylic acids is 1. The van der Waals surface area contributed by atoms with Gasteiger partial charge in [-0.2, -0.15) is 18.4 Å². The van der Waals surface area contributed by atoms with E-state index in [0.717, 1.165) is 0 Å². The maximum Gasteiger partial charge on any atom is 0.392 e. The average Bonchev–Trinajstić information content (AvgIpc) is 2.27. The van der Waals surface area contributed by atoms with Crippen LogP contribution in [0.1, 0.15) is 39.5 Å². The second-order valence-electron chi connectivity index (χ2n) is 5.27. The van der Waals surface area contributed by atoms with Crippen molar-refractivity contribution in [3.05, 3.63) is 0 Å². The SMILES string of the molecule is CC(C)(C#N)NC(=O)C1CCCCC1C(F)(F)F. The summed E-state index contributed by atoms with van der Waals surface area (Å²) in [7, 11) is 0. The maximum absolute atomic E-state index is 12.8. The molecule has 1 amide bonds. The minimum absolute atomic E-state index is 0.00539. The third kappa shape index (κ3) is 3.62. The van der Waals surface area contributed by atoms with Gasteiger partial charge in [0, 0.05) is 5.92 Å². The van der Waals surface area contributed by atoms with Crippen molar-refractivity contribution in [3.8, 4) is 6.07 Å². The molecule has 1 rings (SSSR count). The predicted octanol–water partition coefficient (Wildman–Crippen LogP) is 2.77. The lowest BCUT2D eigenvalue weighted by atomic mass is 9.78. The van der Waals surface area contributed by atoms with Gasteiger partial charge in [-0.1, -0.05) is 12.8 Å². The fourth-order valence-corrected chi connectivity index (χ4v) is 2.27. The van der Waals surface area contributed by atoms with E-state index in [4.69, 9.17) is 5.26 Å². The zero-order valence-electron chi connectivity index (χ0n) is 10.5. The topological polar surface area (TPSA) is 52.9 Å². The average molecular weight is 262 g/mol. The van der Waals surface area contributed by atoms with Crippen LogP contribution < -0.4 is 5.32 Å². The zero-order valence-corrected chi connectivity index (χ0v) is 10.5. The van der Waals surface area contributed by atoms with Gasteiger partial charge in [0.25, 0.3) is 0 Å². The van der Waals surface area contributed by atoms with Crippen LogP contribution in [0.25, 0.3) is 0 Å². The van der Waals surface area contributed by atoms with Crippen molar-refractivity contribution in [3.63, 3.8) is 0 Å². The fourth-order valence-electron chi connectivity index (χ4n) is 2.27. The number of carbonyl (C=O) groups is 1. The van der Waals surface area contributed by atoms with E-state index in [2.05, 4.69) is 5.32 Å². The second-order valence-corrected chi connectivity index (χ2v) is 5.27. The lowest BCUT2D eigenvalue weighted by Gasteiger charge is -2.33. The third-order valence-corrected chi connectivity index (χ3v) is 3.24. The van der Waals surface area contributed by atoms with Crippen LogP contribution in [-0.2, 0) is 4.79 Å². The van der Waals surface area contributed by atoms with Crippen LogP contribution in [-0.4, -0.2) is 17.6 Å². The maximum atomic E-state index is 12.8. The molecule has 2 unspecified atom stereocenters. The summed E-state index contributed by atoms with van der Waals surface area (Å²) >= 11 is 0. The lowest BCUT2D eigenvalue weighted by Crippen LogP contribution is -2.49. The summed E-state index contributed by atoms with van der Waals surface area (Å²) in [5.41, 5.74) is -1.13. The molecule has 0 aromatic rings. The first kappa shape index (κ1) is 14.8. The highest BCUT2D eigenvalue weighted by molar-refractivity contribution is 5.80. The van der Waals surface area contributed by atoms with Crippen molar-refractivity contribution in [1.29, 1.82) is 5.26 Å². The Labute approximate surface area is 104 Å². The minimum Gasteiger partial charge on any atom is -0.338 e. The van der Waals surface area contributed by atoms with Gasteiger partial charge in [0.1, 0.15) is 5.54 Å². The number of rotatable bonds is 2. The number of nitriles is 1. The Hall–Kier alpha value is -1.25. The summed E-state index contributed by atoms with van der Waals surface area (Å²) in [6, 6.07) is 1.85. The van der Waals surface area contributed by atoms with Crippen LogP contribution in [0, 0.1) is 23.2 Å². The zero-order chi connectivity index (χ0) is 14.0. The number of halogens is 3. The van der Waals surface area contributed by atoms with Crippen LogP contribution in [0.15, 0.2) is 0 Å². The van der Waals surface area contributed by atoms with Crippen molar-refractivity contribution in [2.45, 2.75) is 51.2 Å². The normalized spacial score (nSPS) is 25.3. The summed E-state index contributed by atoms with van der Waals surface area (Å²) in [6.45, 7) is 2.94. The van der Waals surface area contributed by atoms with E-state index in [1.165, 1.54) is 13.8 Å². The molecule has 1 N–H and O–H groups in total. The van der Waals surface area contributed by atoms with Crippen molar-refractivity contribution in [2.75, 3.05) is 0 Å². The van der Waals surface area contributed by atoms with Gasteiger partial charge in [0.2, 0.25) is 5.91 Å². The molecule has 0 aromatic carbocycles. The molecule has 2 atom stereocenters. The molecule has 0 aromatic heterocycles. The molecule has 6 heteroatoms. The summed E-state index contributed by atoms with van der Waals surface area (Å²) in [5, 5.41) is 11.2. The smallest absolute Gasteiger partial charge is 0.338 e. The van der Waals surface area contributed by atoms with Crippen molar-refractivity contribution < 1.29 is 18.0 Å². The third-order valence-electron chi connectivity index (χ3n) is 3.24.